The number of thiazole rings is 2. The maximum Gasteiger partial charge on any atom is 2.00 e. The normalized spacial score (nSPS) is 9.83. The molecule has 0 amide bonds. The minimum atomic E-state index is -1.24. The molecule has 244 valence electrons. The van der Waals surface area contributed by atoms with Crippen molar-refractivity contribution in [3.05, 3.63) is 68.7 Å². The smallest absolute Gasteiger partial charge is 0.544 e. The van der Waals surface area contributed by atoms with Crippen molar-refractivity contribution in [2.45, 2.75) is 41.5 Å². The fourth-order valence-electron chi connectivity index (χ4n) is 3.68. The van der Waals surface area contributed by atoms with E-state index < -0.39 is 11.9 Å². The van der Waals surface area contributed by atoms with Gasteiger partial charge in [0.1, 0.15) is 33.7 Å². The largest absolute Gasteiger partial charge is 2.00 e. The predicted octanol–water partition coefficient (Wildman–Crippen LogP) is 2.75. The van der Waals surface area contributed by atoms with Crippen LogP contribution >= 0.6 is 22.7 Å². The molecule has 0 saturated carbocycles. The van der Waals surface area contributed by atoms with E-state index in [9.17, 15) is 30.3 Å². The number of rotatable bonds is 10. The Hall–Kier alpha value is -4.09. The molecule has 2 aromatic carbocycles. The molecule has 0 bridgehead atoms. The van der Waals surface area contributed by atoms with Gasteiger partial charge < -0.3 is 40.2 Å². The number of carbonyl (C=O) groups is 2. The van der Waals surface area contributed by atoms with E-state index in [1.54, 1.807) is 50.2 Å². The first-order valence-corrected chi connectivity index (χ1v) is 15.2. The van der Waals surface area contributed by atoms with Crippen LogP contribution in [0.5, 0.6) is 11.5 Å². The summed E-state index contributed by atoms with van der Waals surface area (Å²) in [5.41, 5.74) is 3.02. The Labute approximate surface area is 297 Å². The molecule has 0 fully saturated rings. The van der Waals surface area contributed by atoms with Crippen LogP contribution in [0, 0.1) is 48.3 Å². The zero-order valence-corrected chi connectivity index (χ0v) is 29.8. The van der Waals surface area contributed by atoms with E-state index in [4.69, 9.17) is 9.47 Å². The monoisotopic (exact) mass is 690 g/mol. The van der Waals surface area contributed by atoms with E-state index in [0.29, 0.717) is 80.2 Å². The first-order valence-electron chi connectivity index (χ1n) is 13.6. The molecule has 0 aliphatic carbocycles. The molecular weight excluding hydrogens is 657 g/mol. The first-order chi connectivity index (χ1) is 20.8. The molecule has 15 heteroatoms. The molecule has 4 N–H and O–H groups in total. The maximum absolute atomic E-state index is 11.0. The van der Waals surface area contributed by atoms with Crippen molar-refractivity contribution in [1.29, 1.82) is 10.5 Å². The first kappa shape index (κ1) is 42.9. The Morgan fingerprint density at radius 3 is 1.34 bits per heavy atom. The average Bonchev–Trinajstić information content (AvgIpc) is 3.57. The average molecular weight is 691 g/mol. The summed E-state index contributed by atoms with van der Waals surface area (Å²) in [5.74, 6) is -0.712. The molecule has 0 radical (unpaired) electrons. The summed E-state index contributed by atoms with van der Waals surface area (Å²) in [6.45, 7) is 12.4. The van der Waals surface area contributed by atoms with E-state index in [2.05, 4.69) is 22.1 Å². The molecule has 0 saturated heterocycles. The number of hydrogen-bond acceptors (Lipinski definition) is 12. The second-order valence-corrected chi connectivity index (χ2v) is 12.5. The van der Waals surface area contributed by atoms with Crippen molar-refractivity contribution in [1.82, 2.24) is 9.97 Å². The number of nitriles is 2. The molecule has 2 aromatic heterocycles. The minimum Gasteiger partial charge on any atom is -0.544 e. The van der Waals surface area contributed by atoms with Gasteiger partial charge in [0, 0.05) is 11.1 Å². The number of carbonyl (C=O) groups excluding carboxylic acids is 2. The molecule has 4 aromatic rings. The fraction of sp³-hybridized carbons (Fsp3) is 0.312. The summed E-state index contributed by atoms with van der Waals surface area (Å²) in [6, 6.07) is 14.5. The number of carboxylic acid groups (broad SMARTS) is 2. The van der Waals surface area contributed by atoms with Crippen molar-refractivity contribution in [2.24, 2.45) is 11.8 Å². The second-order valence-electron chi connectivity index (χ2n) is 10.5. The van der Waals surface area contributed by atoms with Gasteiger partial charge in [-0.05, 0) is 62.1 Å². The van der Waals surface area contributed by atoms with E-state index in [0.717, 1.165) is 22.7 Å². The number of aryl methyl sites for hydroxylation is 2. The van der Waals surface area contributed by atoms with Crippen LogP contribution in [0.4, 0.5) is 0 Å². The van der Waals surface area contributed by atoms with Gasteiger partial charge in [-0.15, -0.1) is 22.7 Å². The van der Waals surface area contributed by atoms with Gasteiger partial charge in [0.25, 0.3) is 0 Å². The maximum atomic E-state index is 11.0. The van der Waals surface area contributed by atoms with Gasteiger partial charge in [-0.2, -0.15) is 10.5 Å². The third-order valence-corrected chi connectivity index (χ3v) is 8.18. The van der Waals surface area contributed by atoms with Gasteiger partial charge in [0.2, 0.25) is 0 Å². The van der Waals surface area contributed by atoms with Gasteiger partial charge in [-0.1, -0.05) is 27.7 Å². The van der Waals surface area contributed by atoms with E-state index in [1.165, 1.54) is 0 Å². The van der Waals surface area contributed by atoms with Crippen molar-refractivity contribution in [3.8, 4) is 44.8 Å². The summed E-state index contributed by atoms with van der Waals surface area (Å²) < 4.78 is 11.2. The molecule has 4 rings (SSSR count). The van der Waals surface area contributed by atoms with E-state index in [-0.39, 0.29) is 43.8 Å². The predicted molar refractivity (Wildman–Crippen MR) is 176 cm³/mol. The Balaban J connectivity index is 0.000000846. The van der Waals surface area contributed by atoms with Gasteiger partial charge in [0.15, 0.2) is 0 Å². The van der Waals surface area contributed by atoms with Crippen molar-refractivity contribution >= 4 is 57.7 Å². The Bertz CT molecular complexity index is 1630. The topological polar surface area (TPSA) is 235 Å². The zero-order valence-electron chi connectivity index (χ0n) is 26.8. The fourth-order valence-corrected chi connectivity index (χ4v) is 5.48. The molecule has 0 aliphatic heterocycles. The van der Waals surface area contributed by atoms with Crippen molar-refractivity contribution < 1.29 is 40.2 Å². The van der Waals surface area contributed by atoms with Gasteiger partial charge >= 0.3 is 23.1 Å². The number of ether oxygens (including phenoxy) is 2. The third kappa shape index (κ3) is 11.6. The molecule has 12 nitrogen and oxygen atoms in total. The van der Waals surface area contributed by atoms with Crippen LogP contribution in [0.25, 0.3) is 21.1 Å². The number of hydrogen-bond donors (Lipinski definition) is 0. The number of aromatic carboxylic acids is 2. The SMILES string of the molecule is Cc1nc(-c2ccc(OCC(C)C)c(C#N)c2)sc1C(=O)[O-].Cc1nc(-c2ccc(OCC(C)C)c(C#N)c2)sc1C(=O)[O-].O.O.[Mg+2]. The van der Waals surface area contributed by atoms with Gasteiger partial charge in [0.05, 0.1) is 57.4 Å². The number of nitrogens with zero attached hydrogens (tertiary/aromatic N) is 4. The molecule has 0 spiro atoms. The molecular formula is C32H34MgN4O8S2. The van der Waals surface area contributed by atoms with Crippen molar-refractivity contribution in [2.75, 3.05) is 13.2 Å². The summed E-state index contributed by atoms with van der Waals surface area (Å²) in [4.78, 5) is 30.6. The molecule has 0 aliphatic rings. The van der Waals surface area contributed by atoms with Crippen LogP contribution in [0.15, 0.2) is 36.4 Å². The quantitative estimate of drug-likeness (QED) is 0.221. The van der Waals surface area contributed by atoms with E-state index in [1.807, 2.05) is 27.7 Å². The van der Waals surface area contributed by atoms with Crippen LogP contribution in [0.3, 0.4) is 0 Å². The summed E-state index contributed by atoms with van der Waals surface area (Å²) in [5, 5.41) is 41.6. The summed E-state index contributed by atoms with van der Waals surface area (Å²) in [6.07, 6.45) is 0. The molecule has 0 atom stereocenters. The van der Waals surface area contributed by atoms with Crippen LogP contribution < -0.4 is 19.7 Å². The second kappa shape index (κ2) is 19.5. The molecule has 2 heterocycles. The molecule has 47 heavy (non-hydrogen) atoms. The number of carboxylic acids is 2. The van der Waals surface area contributed by atoms with Gasteiger partial charge in [-0.3, -0.25) is 0 Å². The van der Waals surface area contributed by atoms with Crippen LogP contribution in [-0.4, -0.2) is 69.1 Å². The minimum absolute atomic E-state index is 0. The van der Waals surface area contributed by atoms with Crippen LogP contribution in [0.2, 0.25) is 0 Å². The van der Waals surface area contributed by atoms with Crippen LogP contribution in [0.1, 0.15) is 69.6 Å². The Kier molecular flexibility index (Phi) is 17.8. The summed E-state index contributed by atoms with van der Waals surface area (Å²) in [7, 11) is 0. The Morgan fingerprint density at radius 2 is 1.09 bits per heavy atom. The Morgan fingerprint density at radius 1 is 0.745 bits per heavy atom. The zero-order chi connectivity index (χ0) is 32.6. The molecule has 0 unspecified atom stereocenters. The number of aromatic nitrogens is 2. The van der Waals surface area contributed by atoms with Crippen molar-refractivity contribution in [3.63, 3.8) is 0 Å². The van der Waals surface area contributed by atoms with Gasteiger partial charge in [-0.25, -0.2) is 9.97 Å². The summed E-state index contributed by atoms with van der Waals surface area (Å²) >= 11 is 2.08. The standard InChI is InChI=1S/2C16H16N2O3S.Mg.2H2O/c2*1-9(2)8-21-13-5-4-11(6-12(13)7-17)15-18-10(3)14(22-15)16(19)20;;;/h2*4-6,9H,8H2,1-3H3,(H,19,20);;2*1H2/q;;+2;;/p-2. The number of benzene rings is 2. The van der Waals surface area contributed by atoms with Crippen LogP contribution in [-0.2, 0) is 0 Å². The third-order valence-electron chi connectivity index (χ3n) is 5.80. The van der Waals surface area contributed by atoms with E-state index >= 15 is 0 Å².